The van der Waals surface area contributed by atoms with Gasteiger partial charge in [-0.3, -0.25) is 4.79 Å². The van der Waals surface area contributed by atoms with Gasteiger partial charge in [-0.1, -0.05) is 6.07 Å². The highest BCUT2D eigenvalue weighted by atomic mass is 32.1. The zero-order valence-electron chi connectivity index (χ0n) is 17.3. The molecule has 0 unspecified atom stereocenters. The molecule has 5 nitrogen and oxygen atoms in total. The highest BCUT2D eigenvalue weighted by molar-refractivity contribution is 7.13. The molecule has 168 valence electrons. The van der Waals surface area contributed by atoms with Crippen LogP contribution in [0.2, 0.25) is 0 Å². The van der Waals surface area contributed by atoms with E-state index in [2.05, 4.69) is 10.3 Å². The maximum atomic E-state index is 14.7. The van der Waals surface area contributed by atoms with E-state index in [9.17, 15) is 18.0 Å². The SMILES string of the molecule is COc1cccc(NC(=O)c2csc(-c3ccc(OCc4cc(F)ccc4F)cc3F)n2)c1. The number of halogens is 3. The number of rotatable bonds is 7. The third-order valence-electron chi connectivity index (χ3n) is 4.64. The first kappa shape index (κ1) is 22.3. The maximum Gasteiger partial charge on any atom is 0.275 e. The zero-order valence-corrected chi connectivity index (χ0v) is 18.1. The van der Waals surface area contributed by atoms with E-state index in [4.69, 9.17) is 9.47 Å². The Labute approximate surface area is 191 Å². The second-order valence-corrected chi connectivity index (χ2v) is 7.75. The second-order valence-electron chi connectivity index (χ2n) is 6.89. The summed E-state index contributed by atoms with van der Waals surface area (Å²) >= 11 is 1.11. The van der Waals surface area contributed by atoms with Crippen LogP contribution in [0.15, 0.2) is 66.0 Å². The summed E-state index contributed by atoms with van der Waals surface area (Å²) in [6.45, 7) is -0.256. The minimum Gasteiger partial charge on any atom is -0.497 e. The molecule has 3 aromatic carbocycles. The van der Waals surface area contributed by atoms with Crippen molar-refractivity contribution in [3.63, 3.8) is 0 Å². The number of aromatic nitrogens is 1. The van der Waals surface area contributed by atoms with Gasteiger partial charge in [-0.2, -0.15) is 0 Å². The molecule has 0 bridgehead atoms. The van der Waals surface area contributed by atoms with Gasteiger partial charge in [-0.05, 0) is 42.5 Å². The van der Waals surface area contributed by atoms with Crippen LogP contribution in [0.1, 0.15) is 16.1 Å². The average Bonchev–Trinajstić information content (AvgIpc) is 3.30. The Hall–Kier alpha value is -3.85. The van der Waals surface area contributed by atoms with Gasteiger partial charge < -0.3 is 14.8 Å². The number of ether oxygens (including phenoxy) is 2. The summed E-state index contributed by atoms with van der Waals surface area (Å²) in [5.74, 6) is -1.53. The Morgan fingerprint density at radius 1 is 1.00 bits per heavy atom. The fraction of sp³-hybridized carbons (Fsp3) is 0.0833. The third kappa shape index (κ3) is 5.32. The molecule has 0 aliphatic carbocycles. The zero-order chi connectivity index (χ0) is 23.4. The normalized spacial score (nSPS) is 10.7. The Kier molecular flexibility index (Phi) is 6.60. The Bertz CT molecular complexity index is 1310. The minimum absolute atomic E-state index is 0.0195. The Morgan fingerprint density at radius 2 is 1.85 bits per heavy atom. The first-order valence-electron chi connectivity index (χ1n) is 9.70. The molecule has 0 saturated carbocycles. The smallest absolute Gasteiger partial charge is 0.275 e. The predicted octanol–water partition coefficient (Wildman–Crippen LogP) is 6.07. The van der Waals surface area contributed by atoms with Crippen LogP contribution in [-0.2, 0) is 6.61 Å². The van der Waals surface area contributed by atoms with Crippen molar-refractivity contribution in [1.82, 2.24) is 4.98 Å². The van der Waals surface area contributed by atoms with Crippen LogP contribution in [0.3, 0.4) is 0 Å². The highest BCUT2D eigenvalue weighted by Crippen LogP contribution is 2.30. The molecule has 0 saturated heterocycles. The van der Waals surface area contributed by atoms with Gasteiger partial charge in [0.1, 0.15) is 46.3 Å². The van der Waals surface area contributed by atoms with Crippen LogP contribution in [0.25, 0.3) is 10.6 Å². The molecule has 1 heterocycles. The summed E-state index contributed by atoms with van der Waals surface area (Å²) in [6.07, 6.45) is 0. The van der Waals surface area contributed by atoms with Crippen molar-refractivity contribution in [2.24, 2.45) is 0 Å². The van der Waals surface area contributed by atoms with Gasteiger partial charge in [0.05, 0.1) is 7.11 Å². The van der Waals surface area contributed by atoms with Gasteiger partial charge in [0.15, 0.2) is 0 Å². The van der Waals surface area contributed by atoms with E-state index in [0.717, 1.165) is 35.6 Å². The van der Waals surface area contributed by atoms with Gasteiger partial charge in [0.25, 0.3) is 5.91 Å². The fourth-order valence-corrected chi connectivity index (χ4v) is 3.80. The number of hydrogen-bond donors (Lipinski definition) is 1. The van der Waals surface area contributed by atoms with Gasteiger partial charge in [0.2, 0.25) is 0 Å². The summed E-state index contributed by atoms with van der Waals surface area (Å²) in [6, 6.07) is 14.0. The van der Waals surface area contributed by atoms with Crippen molar-refractivity contribution in [2.45, 2.75) is 6.61 Å². The summed E-state index contributed by atoms with van der Waals surface area (Å²) in [5.41, 5.74) is 0.881. The number of anilines is 1. The van der Waals surface area contributed by atoms with Crippen molar-refractivity contribution in [1.29, 1.82) is 0 Å². The van der Waals surface area contributed by atoms with Crippen molar-refractivity contribution in [3.05, 3.63) is 94.8 Å². The largest absolute Gasteiger partial charge is 0.497 e. The number of nitrogens with one attached hydrogen (secondary N) is 1. The molecule has 0 radical (unpaired) electrons. The van der Waals surface area contributed by atoms with Crippen LogP contribution in [0, 0.1) is 17.5 Å². The van der Waals surface area contributed by atoms with E-state index in [1.807, 2.05) is 0 Å². The summed E-state index contributed by atoms with van der Waals surface area (Å²) in [5, 5.41) is 4.56. The number of carbonyl (C=O) groups excluding carboxylic acids is 1. The van der Waals surface area contributed by atoms with E-state index in [0.29, 0.717) is 16.4 Å². The quantitative estimate of drug-likeness (QED) is 0.356. The minimum atomic E-state index is -0.624. The molecular formula is C24H17F3N2O3S. The molecule has 0 fully saturated rings. The molecule has 1 N–H and O–H groups in total. The molecular weight excluding hydrogens is 453 g/mol. The fourth-order valence-electron chi connectivity index (χ4n) is 2.97. The van der Waals surface area contributed by atoms with E-state index in [1.54, 1.807) is 24.3 Å². The standard InChI is InChI=1S/C24H17F3N2O3S/c1-31-17-4-2-3-16(10-17)28-23(30)22-13-33-24(29-22)19-7-6-18(11-21(19)27)32-12-14-9-15(25)5-8-20(14)26/h2-11,13H,12H2,1H3,(H,28,30). The molecule has 0 spiro atoms. The molecule has 4 aromatic rings. The first-order valence-corrected chi connectivity index (χ1v) is 10.6. The molecule has 4 rings (SSSR count). The number of thiazole rings is 1. The van der Waals surface area contributed by atoms with Gasteiger partial charge in [-0.15, -0.1) is 11.3 Å². The lowest BCUT2D eigenvalue weighted by molar-refractivity contribution is 0.102. The average molecular weight is 470 g/mol. The van der Waals surface area contributed by atoms with E-state index < -0.39 is 23.4 Å². The highest BCUT2D eigenvalue weighted by Gasteiger charge is 2.16. The summed E-state index contributed by atoms with van der Waals surface area (Å²) in [7, 11) is 1.53. The van der Waals surface area contributed by atoms with Crippen LogP contribution >= 0.6 is 11.3 Å². The molecule has 9 heteroatoms. The van der Waals surface area contributed by atoms with Gasteiger partial charge >= 0.3 is 0 Å². The first-order chi connectivity index (χ1) is 15.9. The monoisotopic (exact) mass is 470 g/mol. The van der Waals surface area contributed by atoms with Crippen molar-refractivity contribution in [2.75, 3.05) is 12.4 Å². The maximum absolute atomic E-state index is 14.7. The third-order valence-corrected chi connectivity index (χ3v) is 5.51. The molecule has 0 aliphatic heterocycles. The summed E-state index contributed by atoms with van der Waals surface area (Å²) < 4.78 is 52.2. The predicted molar refractivity (Wildman–Crippen MR) is 119 cm³/mol. The van der Waals surface area contributed by atoms with E-state index in [1.165, 1.54) is 24.6 Å². The molecule has 1 aromatic heterocycles. The van der Waals surface area contributed by atoms with Crippen molar-refractivity contribution in [3.8, 4) is 22.1 Å². The number of hydrogen-bond acceptors (Lipinski definition) is 5. The van der Waals surface area contributed by atoms with Crippen molar-refractivity contribution < 1.29 is 27.4 Å². The van der Waals surface area contributed by atoms with Crippen LogP contribution < -0.4 is 14.8 Å². The Balaban J connectivity index is 1.45. The number of benzene rings is 3. The van der Waals surface area contributed by atoms with E-state index in [-0.39, 0.29) is 29.2 Å². The summed E-state index contributed by atoms with van der Waals surface area (Å²) in [4.78, 5) is 16.7. The molecule has 0 aliphatic rings. The molecule has 1 amide bonds. The molecule has 0 atom stereocenters. The number of nitrogens with zero attached hydrogens (tertiary/aromatic N) is 1. The van der Waals surface area contributed by atoms with Gasteiger partial charge in [0, 0.05) is 34.3 Å². The van der Waals surface area contributed by atoms with Crippen LogP contribution in [0.4, 0.5) is 18.9 Å². The van der Waals surface area contributed by atoms with Crippen LogP contribution in [-0.4, -0.2) is 18.0 Å². The van der Waals surface area contributed by atoms with Gasteiger partial charge in [-0.25, -0.2) is 18.2 Å². The van der Waals surface area contributed by atoms with Crippen LogP contribution in [0.5, 0.6) is 11.5 Å². The lowest BCUT2D eigenvalue weighted by Gasteiger charge is -2.09. The number of carbonyl (C=O) groups is 1. The topological polar surface area (TPSA) is 60.5 Å². The number of amides is 1. The van der Waals surface area contributed by atoms with Crippen molar-refractivity contribution >= 4 is 22.9 Å². The van der Waals surface area contributed by atoms with E-state index >= 15 is 0 Å². The lowest BCUT2D eigenvalue weighted by Crippen LogP contribution is -2.12. The second kappa shape index (κ2) is 9.74. The Morgan fingerprint density at radius 3 is 2.64 bits per heavy atom. The number of methoxy groups -OCH3 is 1. The molecule has 33 heavy (non-hydrogen) atoms. The lowest BCUT2D eigenvalue weighted by atomic mass is 10.2.